The second-order valence-corrected chi connectivity index (χ2v) is 6.84. The summed E-state index contributed by atoms with van der Waals surface area (Å²) in [7, 11) is 1.62. The molecule has 0 spiro atoms. The number of nitrogens with two attached hydrogens (primary N) is 1. The maximum atomic E-state index is 13.0. The van der Waals surface area contributed by atoms with Crippen molar-refractivity contribution in [3.05, 3.63) is 71.5 Å². The van der Waals surface area contributed by atoms with Gasteiger partial charge in [0.1, 0.15) is 11.5 Å². The van der Waals surface area contributed by atoms with E-state index in [1.165, 1.54) is 0 Å². The molecule has 0 saturated carbocycles. The van der Waals surface area contributed by atoms with Crippen LogP contribution in [0.1, 0.15) is 28.2 Å². The molecule has 30 heavy (non-hydrogen) atoms. The molecule has 1 aromatic heterocycles. The van der Waals surface area contributed by atoms with Gasteiger partial charge >= 0.3 is 0 Å². The maximum Gasteiger partial charge on any atom is 0.257 e. The normalized spacial score (nSPS) is 10.5. The standard InChI is InChI=1S/C23H25N3O4/c1-15-13-19(16(2)26(15)17-7-6-8-18(14-17)29-3)23(28)25-20-9-4-5-10-21(20)30-12-11-22(24)27/h4-10,13-14H,11-12H2,1-3H3,(H2,24,27)(H,25,28). The van der Waals surface area contributed by atoms with Gasteiger partial charge in [0, 0.05) is 23.1 Å². The Hall–Kier alpha value is -3.74. The number of nitrogens with zero attached hydrogens (tertiary/aromatic N) is 1. The molecule has 7 heteroatoms. The highest BCUT2D eigenvalue weighted by Gasteiger charge is 2.18. The average molecular weight is 407 g/mol. The van der Waals surface area contributed by atoms with Crippen molar-refractivity contribution in [1.29, 1.82) is 0 Å². The minimum Gasteiger partial charge on any atom is -0.497 e. The van der Waals surface area contributed by atoms with Crippen LogP contribution in [-0.4, -0.2) is 30.1 Å². The zero-order valence-electron chi connectivity index (χ0n) is 17.3. The van der Waals surface area contributed by atoms with Gasteiger partial charge in [-0.1, -0.05) is 18.2 Å². The maximum absolute atomic E-state index is 13.0. The molecule has 2 amide bonds. The number of methoxy groups -OCH3 is 1. The monoisotopic (exact) mass is 407 g/mol. The Morgan fingerprint density at radius 2 is 1.83 bits per heavy atom. The van der Waals surface area contributed by atoms with E-state index in [-0.39, 0.29) is 18.9 Å². The van der Waals surface area contributed by atoms with Gasteiger partial charge in [0.15, 0.2) is 0 Å². The summed E-state index contributed by atoms with van der Waals surface area (Å²) in [5, 5.41) is 2.90. The second-order valence-electron chi connectivity index (χ2n) is 6.84. The molecule has 7 nitrogen and oxygen atoms in total. The largest absolute Gasteiger partial charge is 0.497 e. The van der Waals surface area contributed by atoms with Gasteiger partial charge in [0.05, 0.1) is 31.4 Å². The number of nitrogens with one attached hydrogen (secondary N) is 1. The van der Waals surface area contributed by atoms with Crippen molar-refractivity contribution in [1.82, 2.24) is 4.57 Å². The number of anilines is 1. The van der Waals surface area contributed by atoms with Crippen LogP contribution in [0.15, 0.2) is 54.6 Å². The van der Waals surface area contributed by atoms with E-state index in [1.54, 1.807) is 31.4 Å². The zero-order valence-corrected chi connectivity index (χ0v) is 17.3. The van der Waals surface area contributed by atoms with Crippen LogP contribution in [0.2, 0.25) is 0 Å². The van der Waals surface area contributed by atoms with E-state index in [2.05, 4.69) is 5.32 Å². The summed E-state index contributed by atoms with van der Waals surface area (Å²) in [6.07, 6.45) is 0.101. The summed E-state index contributed by atoms with van der Waals surface area (Å²) in [4.78, 5) is 23.9. The third kappa shape index (κ3) is 4.63. The predicted molar refractivity (Wildman–Crippen MR) is 115 cm³/mol. The summed E-state index contributed by atoms with van der Waals surface area (Å²) in [6, 6.07) is 16.6. The Morgan fingerprint density at radius 3 is 2.57 bits per heavy atom. The molecule has 3 aromatic rings. The number of amides is 2. The molecule has 0 unspecified atom stereocenters. The molecule has 0 atom stereocenters. The van der Waals surface area contributed by atoms with E-state index in [1.807, 2.05) is 48.7 Å². The van der Waals surface area contributed by atoms with Gasteiger partial charge in [-0.2, -0.15) is 0 Å². The van der Waals surface area contributed by atoms with Crippen molar-refractivity contribution in [3.8, 4) is 17.2 Å². The molecule has 0 radical (unpaired) electrons. The lowest BCUT2D eigenvalue weighted by Crippen LogP contribution is -2.16. The molecule has 2 aromatic carbocycles. The third-order valence-corrected chi connectivity index (χ3v) is 4.73. The third-order valence-electron chi connectivity index (χ3n) is 4.73. The number of rotatable bonds is 8. The van der Waals surface area contributed by atoms with Crippen molar-refractivity contribution in [2.24, 2.45) is 5.73 Å². The molecular formula is C23H25N3O4. The van der Waals surface area contributed by atoms with E-state index < -0.39 is 5.91 Å². The minimum atomic E-state index is -0.443. The smallest absolute Gasteiger partial charge is 0.257 e. The van der Waals surface area contributed by atoms with E-state index in [0.29, 0.717) is 17.0 Å². The highest BCUT2D eigenvalue weighted by molar-refractivity contribution is 6.06. The first-order chi connectivity index (χ1) is 14.4. The van der Waals surface area contributed by atoms with Crippen LogP contribution >= 0.6 is 0 Å². The van der Waals surface area contributed by atoms with Crippen LogP contribution < -0.4 is 20.5 Å². The Kier molecular flexibility index (Phi) is 6.41. The van der Waals surface area contributed by atoms with Crippen LogP contribution in [0, 0.1) is 13.8 Å². The molecule has 156 valence electrons. The van der Waals surface area contributed by atoms with Gasteiger partial charge in [-0.05, 0) is 44.2 Å². The summed E-state index contributed by atoms with van der Waals surface area (Å²) in [5.74, 6) is 0.534. The Morgan fingerprint density at radius 1 is 1.07 bits per heavy atom. The number of ether oxygens (including phenoxy) is 2. The summed E-state index contributed by atoms with van der Waals surface area (Å²) in [6.45, 7) is 3.99. The number of hydrogen-bond acceptors (Lipinski definition) is 4. The van der Waals surface area contributed by atoms with E-state index >= 15 is 0 Å². The van der Waals surface area contributed by atoms with E-state index in [9.17, 15) is 9.59 Å². The number of benzene rings is 2. The number of carbonyl (C=O) groups excluding carboxylic acids is 2. The molecule has 0 aliphatic rings. The first-order valence-electron chi connectivity index (χ1n) is 9.55. The molecule has 0 aliphatic heterocycles. The van der Waals surface area contributed by atoms with Crippen LogP contribution in [0.4, 0.5) is 5.69 Å². The topological polar surface area (TPSA) is 95.6 Å². The molecular weight excluding hydrogens is 382 g/mol. The SMILES string of the molecule is COc1cccc(-n2c(C)cc(C(=O)Nc3ccccc3OCCC(N)=O)c2C)c1. The van der Waals surface area contributed by atoms with Crippen molar-refractivity contribution in [2.45, 2.75) is 20.3 Å². The Bertz CT molecular complexity index is 1070. The van der Waals surface area contributed by atoms with Gasteiger partial charge in [-0.3, -0.25) is 9.59 Å². The number of hydrogen-bond donors (Lipinski definition) is 2. The lowest BCUT2D eigenvalue weighted by atomic mass is 10.2. The van der Waals surface area contributed by atoms with Crippen molar-refractivity contribution >= 4 is 17.5 Å². The van der Waals surface area contributed by atoms with Gasteiger partial charge in [0.25, 0.3) is 5.91 Å². The number of para-hydroxylation sites is 2. The molecule has 0 saturated heterocycles. The lowest BCUT2D eigenvalue weighted by Gasteiger charge is -2.13. The molecule has 0 bridgehead atoms. The first kappa shape index (κ1) is 21.0. The van der Waals surface area contributed by atoms with E-state index in [4.69, 9.17) is 15.2 Å². The second kappa shape index (κ2) is 9.17. The van der Waals surface area contributed by atoms with Crippen LogP contribution in [0.25, 0.3) is 5.69 Å². The lowest BCUT2D eigenvalue weighted by molar-refractivity contribution is -0.118. The fourth-order valence-corrected chi connectivity index (χ4v) is 3.29. The van der Waals surface area contributed by atoms with Crippen LogP contribution in [-0.2, 0) is 4.79 Å². The molecule has 3 rings (SSSR count). The summed E-state index contributed by atoms with van der Waals surface area (Å²) >= 11 is 0. The number of carbonyl (C=O) groups is 2. The highest BCUT2D eigenvalue weighted by atomic mass is 16.5. The number of aromatic nitrogens is 1. The van der Waals surface area contributed by atoms with Gasteiger partial charge in [-0.25, -0.2) is 0 Å². The van der Waals surface area contributed by atoms with Crippen LogP contribution in [0.3, 0.4) is 0 Å². The van der Waals surface area contributed by atoms with Crippen molar-refractivity contribution in [3.63, 3.8) is 0 Å². The van der Waals surface area contributed by atoms with Gasteiger partial charge in [-0.15, -0.1) is 0 Å². The van der Waals surface area contributed by atoms with Crippen molar-refractivity contribution in [2.75, 3.05) is 19.0 Å². The minimum absolute atomic E-state index is 0.101. The molecule has 3 N–H and O–H groups in total. The summed E-state index contributed by atoms with van der Waals surface area (Å²) in [5.41, 5.74) is 8.89. The van der Waals surface area contributed by atoms with E-state index in [0.717, 1.165) is 22.8 Å². The fraction of sp³-hybridized carbons (Fsp3) is 0.217. The average Bonchev–Trinajstić information content (AvgIpc) is 3.03. The van der Waals surface area contributed by atoms with Gasteiger partial charge in [0.2, 0.25) is 5.91 Å². The highest BCUT2D eigenvalue weighted by Crippen LogP contribution is 2.27. The molecule has 0 aliphatic carbocycles. The Labute approximate surface area is 175 Å². The van der Waals surface area contributed by atoms with Crippen LogP contribution in [0.5, 0.6) is 11.5 Å². The fourth-order valence-electron chi connectivity index (χ4n) is 3.29. The molecule has 1 heterocycles. The number of aryl methyl sites for hydroxylation is 1. The predicted octanol–water partition coefficient (Wildman–Crippen LogP) is 3.61. The quantitative estimate of drug-likeness (QED) is 0.596. The summed E-state index contributed by atoms with van der Waals surface area (Å²) < 4.78 is 12.9. The van der Waals surface area contributed by atoms with Crippen molar-refractivity contribution < 1.29 is 19.1 Å². The molecule has 0 fully saturated rings. The Balaban J connectivity index is 1.84. The zero-order chi connectivity index (χ0) is 21.7. The van der Waals surface area contributed by atoms with Gasteiger partial charge < -0.3 is 25.1 Å². The first-order valence-corrected chi connectivity index (χ1v) is 9.55. The number of primary amides is 1.